The lowest BCUT2D eigenvalue weighted by Crippen LogP contribution is -2.14. The normalized spacial score (nSPS) is 11.2. The molecule has 2 rings (SSSR count). The zero-order valence-electron chi connectivity index (χ0n) is 11.2. The van der Waals surface area contributed by atoms with Crippen molar-refractivity contribution in [1.82, 2.24) is 0 Å². The lowest BCUT2D eigenvalue weighted by atomic mass is 9.99. The Hall–Kier alpha value is -1.85. The third-order valence-electron chi connectivity index (χ3n) is 2.75. The molecule has 0 saturated carbocycles. The van der Waals surface area contributed by atoms with E-state index in [0.29, 0.717) is 16.3 Å². The summed E-state index contributed by atoms with van der Waals surface area (Å²) in [5.41, 5.74) is 0.287. The first-order chi connectivity index (χ1) is 9.50. The topological polar surface area (TPSA) is 58.9 Å². The fraction of sp³-hybridized carbons (Fsp3) is 0.200. The van der Waals surface area contributed by atoms with Crippen LogP contribution in [-0.4, -0.2) is 5.11 Å². The Morgan fingerprint density at radius 1 is 1.10 bits per heavy atom. The predicted octanol–water partition coefficient (Wildman–Crippen LogP) is 4.40. The van der Waals surface area contributed by atoms with Gasteiger partial charge < -0.3 is 9.29 Å². The third kappa shape index (κ3) is 3.59. The van der Waals surface area contributed by atoms with Crippen molar-refractivity contribution in [1.29, 1.82) is 0 Å². The molecule has 0 bridgehead atoms. The summed E-state index contributed by atoms with van der Waals surface area (Å²) in [6.45, 7) is 3.45. The number of hydrogen-bond acceptors (Lipinski definition) is 5. The second-order valence-electron chi connectivity index (χ2n) is 4.81. The van der Waals surface area contributed by atoms with E-state index in [-0.39, 0.29) is 0 Å². The number of hydrogen-bond donors (Lipinski definition) is 1. The molecule has 0 aromatic heterocycles. The molecule has 0 saturated heterocycles. The Balaban J connectivity index is 2.06. The molecule has 0 unspecified atom stereocenters. The minimum absolute atomic E-state index is 0.352. The van der Waals surface area contributed by atoms with E-state index in [2.05, 4.69) is 5.18 Å². The van der Waals surface area contributed by atoms with Crippen LogP contribution in [0.2, 0.25) is 0 Å². The third-order valence-corrected chi connectivity index (χ3v) is 3.55. The van der Waals surface area contributed by atoms with Crippen molar-refractivity contribution in [2.45, 2.75) is 24.3 Å². The van der Waals surface area contributed by atoms with Crippen molar-refractivity contribution >= 4 is 17.7 Å². The molecule has 0 aliphatic heterocycles. The highest BCUT2D eigenvalue weighted by molar-refractivity contribution is 7.95. The Kier molecular flexibility index (Phi) is 4.42. The molecule has 0 atom stereocenters. The molecule has 0 heterocycles. The quantitative estimate of drug-likeness (QED) is 0.654. The summed E-state index contributed by atoms with van der Waals surface area (Å²) in [5, 5.41) is 12.8. The van der Waals surface area contributed by atoms with Crippen LogP contribution in [0.15, 0.2) is 58.6 Å². The highest BCUT2D eigenvalue weighted by Crippen LogP contribution is 2.31. The van der Waals surface area contributed by atoms with Gasteiger partial charge >= 0.3 is 0 Å². The lowest BCUT2D eigenvalue weighted by molar-refractivity contribution is 0.0786. The van der Waals surface area contributed by atoms with Crippen molar-refractivity contribution in [2.75, 3.05) is 0 Å². The minimum Gasteiger partial charge on any atom is -0.421 e. The van der Waals surface area contributed by atoms with E-state index >= 15 is 0 Å². The molecule has 2 aromatic carbocycles. The number of nitroso groups, excluding NO2 is 1. The van der Waals surface area contributed by atoms with E-state index < -0.39 is 5.60 Å². The van der Waals surface area contributed by atoms with Crippen molar-refractivity contribution in [3.05, 3.63) is 59.0 Å². The summed E-state index contributed by atoms with van der Waals surface area (Å²) >= 11 is 1.08. The van der Waals surface area contributed by atoms with Crippen molar-refractivity contribution in [2.24, 2.45) is 5.18 Å². The zero-order chi connectivity index (χ0) is 14.6. The van der Waals surface area contributed by atoms with Gasteiger partial charge in [0, 0.05) is 0 Å². The SMILES string of the molecule is CC(C)(O)c1ccc(OSc2ccccc2N=O)cc1. The van der Waals surface area contributed by atoms with Crippen molar-refractivity contribution < 1.29 is 9.29 Å². The monoisotopic (exact) mass is 289 g/mol. The van der Waals surface area contributed by atoms with E-state index in [1.54, 1.807) is 56.3 Å². The van der Waals surface area contributed by atoms with Crippen LogP contribution in [0, 0.1) is 4.91 Å². The summed E-state index contributed by atoms with van der Waals surface area (Å²) in [5.74, 6) is 0.642. The maximum absolute atomic E-state index is 10.6. The average molecular weight is 289 g/mol. The summed E-state index contributed by atoms with van der Waals surface area (Å²) in [6, 6.07) is 14.1. The van der Waals surface area contributed by atoms with Crippen LogP contribution >= 0.6 is 12.0 Å². The summed E-state index contributed by atoms with van der Waals surface area (Å²) in [4.78, 5) is 11.3. The summed E-state index contributed by atoms with van der Waals surface area (Å²) < 4.78 is 5.54. The molecule has 0 spiro atoms. The largest absolute Gasteiger partial charge is 0.421 e. The van der Waals surface area contributed by atoms with Crippen molar-refractivity contribution in [3.63, 3.8) is 0 Å². The Morgan fingerprint density at radius 3 is 2.35 bits per heavy atom. The van der Waals surface area contributed by atoms with E-state index in [1.165, 1.54) is 0 Å². The number of nitrogens with zero attached hydrogens (tertiary/aromatic N) is 1. The lowest BCUT2D eigenvalue weighted by Gasteiger charge is -2.17. The summed E-state index contributed by atoms with van der Waals surface area (Å²) in [6.07, 6.45) is 0. The van der Waals surface area contributed by atoms with Gasteiger partial charge in [0.15, 0.2) is 0 Å². The van der Waals surface area contributed by atoms with E-state index in [0.717, 1.165) is 17.6 Å². The van der Waals surface area contributed by atoms with Crippen LogP contribution in [0.5, 0.6) is 5.75 Å². The highest BCUT2D eigenvalue weighted by Gasteiger charge is 2.15. The number of rotatable bonds is 5. The van der Waals surface area contributed by atoms with Gasteiger partial charge in [0.2, 0.25) is 0 Å². The van der Waals surface area contributed by atoms with E-state index in [9.17, 15) is 10.0 Å². The zero-order valence-corrected chi connectivity index (χ0v) is 12.1. The first kappa shape index (κ1) is 14.6. The Bertz CT molecular complexity index is 591. The smallest absolute Gasteiger partial charge is 0.137 e. The second-order valence-corrected chi connectivity index (χ2v) is 5.58. The maximum Gasteiger partial charge on any atom is 0.137 e. The van der Waals surface area contributed by atoms with Crippen LogP contribution in [0.3, 0.4) is 0 Å². The Morgan fingerprint density at radius 2 is 1.75 bits per heavy atom. The van der Waals surface area contributed by atoms with Crippen molar-refractivity contribution in [3.8, 4) is 5.75 Å². The highest BCUT2D eigenvalue weighted by atomic mass is 32.2. The van der Waals surface area contributed by atoms with Crippen LogP contribution in [0.1, 0.15) is 19.4 Å². The van der Waals surface area contributed by atoms with Crippen LogP contribution in [-0.2, 0) is 5.60 Å². The standard InChI is InChI=1S/C15H15NO3S/c1-15(2,17)11-7-9-12(10-8-11)19-20-14-6-4-3-5-13(14)16-18/h3-10,17H,1-2H3. The van der Waals surface area contributed by atoms with Crippen LogP contribution in [0.25, 0.3) is 0 Å². The maximum atomic E-state index is 10.6. The second kappa shape index (κ2) is 6.07. The van der Waals surface area contributed by atoms with Gasteiger partial charge in [-0.05, 0) is 48.9 Å². The number of aliphatic hydroxyl groups is 1. The molecular weight excluding hydrogens is 274 g/mol. The minimum atomic E-state index is -0.875. The molecule has 1 N–H and O–H groups in total. The van der Waals surface area contributed by atoms with E-state index in [4.69, 9.17) is 4.18 Å². The molecule has 20 heavy (non-hydrogen) atoms. The van der Waals surface area contributed by atoms with Gasteiger partial charge in [0.05, 0.1) is 22.5 Å². The van der Waals surface area contributed by atoms with Gasteiger partial charge in [-0.3, -0.25) is 0 Å². The first-order valence-electron chi connectivity index (χ1n) is 6.10. The average Bonchev–Trinajstić information content (AvgIpc) is 2.45. The molecule has 4 nitrogen and oxygen atoms in total. The van der Waals surface area contributed by atoms with Crippen LogP contribution in [0.4, 0.5) is 5.69 Å². The molecule has 2 aromatic rings. The van der Waals surface area contributed by atoms with Gasteiger partial charge in [-0.1, -0.05) is 24.3 Å². The summed E-state index contributed by atoms with van der Waals surface area (Å²) in [7, 11) is 0. The van der Waals surface area contributed by atoms with Gasteiger partial charge in [0.1, 0.15) is 11.4 Å². The molecule has 0 aliphatic carbocycles. The number of benzene rings is 2. The molecular formula is C15H15NO3S. The van der Waals surface area contributed by atoms with Crippen LogP contribution < -0.4 is 4.18 Å². The van der Waals surface area contributed by atoms with Gasteiger partial charge in [-0.25, -0.2) is 0 Å². The molecule has 104 valence electrons. The first-order valence-corrected chi connectivity index (χ1v) is 6.85. The predicted molar refractivity (Wildman–Crippen MR) is 80.1 cm³/mol. The fourth-order valence-electron chi connectivity index (χ4n) is 1.61. The van der Waals surface area contributed by atoms with E-state index in [1.807, 2.05) is 6.07 Å². The Labute approximate surface area is 122 Å². The van der Waals surface area contributed by atoms with Gasteiger partial charge in [-0.15, -0.1) is 4.91 Å². The fourth-order valence-corrected chi connectivity index (χ4v) is 2.24. The molecule has 0 radical (unpaired) electrons. The molecule has 5 heteroatoms. The van der Waals surface area contributed by atoms with Gasteiger partial charge in [-0.2, -0.15) is 0 Å². The molecule has 0 fully saturated rings. The molecule has 0 amide bonds. The van der Waals surface area contributed by atoms with Gasteiger partial charge in [0.25, 0.3) is 0 Å². The molecule has 0 aliphatic rings.